The van der Waals surface area contributed by atoms with Crippen LogP contribution in [0.25, 0.3) is 5.57 Å². The molecule has 1 aromatic heterocycles. The van der Waals surface area contributed by atoms with Gasteiger partial charge in [-0.2, -0.15) is 0 Å². The first-order chi connectivity index (χ1) is 19.2. The Morgan fingerprint density at radius 2 is 1.93 bits per heavy atom. The van der Waals surface area contributed by atoms with Gasteiger partial charge in [-0.25, -0.2) is 4.79 Å². The third-order valence-electron chi connectivity index (χ3n) is 10.5. The molecule has 7 atom stereocenters. The molecule has 6 heteroatoms. The highest BCUT2D eigenvalue weighted by molar-refractivity contribution is 5.89. The van der Waals surface area contributed by atoms with Crippen molar-refractivity contribution in [2.75, 3.05) is 6.61 Å². The van der Waals surface area contributed by atoms with Crippen molar-refractivity contribution in [3.05, 3.63) is 90.4 Å². The molecule has 0 radical (unpaired) electrons. The molecule has 7 unspecified atom stereocenters. The van der Waals surface area contributed by atoms with Crippen molar-refractivity contribution in [1.29, 1.82) is 0 Å². The van der Waals surface area contributed by atoms with Crippen LogP contribution in [0.15, 0.2) is 78.0 Å². The summed E-state index contributed by atoms with van der Waals surface area (Å²) < 4.78 is 18.1. The van der Waals surface area contributed by atoms with Crippen molar-refractivity contribution in [1.82, 2.24) is 0 Å². The fraction of sp³-hybridized carbons (Fsp3) is 0.471. The van der Waals surface area contributed by atoms with Gasteiger partial charge in [-0.3, -0.25) is 4.79 Å². The summed E-state index contributed by atoms with van der Waals surface area (Å²) in [5.74, 6) is -0.139. The first kappa shape index (κ1) is 26.8. The van der Waals surface area contributed by atoms with E-state index in [0.717, 1.165) is 29.7 Å². The van der Waals surface area contributed by atoms with Crippen molar-refractivity contribution < 1.29 is 28.6 Å². The topological polar surface area (TPSA) is 86.0 Å². The predicted octanol–water partition coefficient (Wildman–Crippen LogP) is 6.31. The molecule has 1 heterocycles. The highest BCUT2D eigenvalue weighted by Gasteiger charge is 2.71. The average Bonchev–Trinajstić information content (AvgIpc) is 3.45. The highest BCUT2D eigenvalue weighted by atomic mass is 16.6. The summed E-state index contributed by atoms with van der Waals surface area (Å²) in [4.78, 5) is 26.5. The summed E-state index contributed by atoms with van der Waals surface area (Å²) >= 11 is 0. The SMILES string of the molecule is C=C1c2ccoc2CC2C1CC(OC(=O)c1ccccc1)C1(O)C(C)(COC(=O)C3C=CC=CC3)CCCC21C. The van der Waals surface area contributed by atoms with Gasteiger partial charge in [0.05, 0.1) is 24.4 Å². The van der Waals surface area contributed by atoms with Crippen LogP contribution in [0.5, 0.6) is 0 Å². The van der Waals surface area contributed by atoms with Crippen LogP contribution < -0.4 is 0 Å². The van der Waals surface area contributed by atoms with Crippen LogP contribution in [-0.2, 0) is 20.7 Å². The van der Waals surface area contributed by atoms with E-state index in [-0.39, 0.29) is 30.3 Å². The molecule has 2 saturated carbocycles. The standard InChI is InChI=1S/C34H38O6/c1-22-25-15-18-38-28(25)20-27-26(22)19-29(40-31(36)24-13-8-5-9-14-24)34(37)32(2,16-10-17-33(27,34)3)21-39-30(35)23-11-6-4-7-12-23/h4-9,11,13-15,18,23,26-27,29,37H,1,10,12,16-17,19-21H2,2-3H3. The molecular weight excluding hydrogens is 504 g/mol. The van der Waals surface area contributed by atoms with Gasteiger partial charge in [0.1, 0.15) is 17.5 Å². The van der Waals surface area contributed by atoms with Crippen LogP contribution in [-0.4, -0.2) is 35.4 Å². The number of allylic oxidation sites excluding steroid dienone is 4. The monoisotopic (exact) mass is 542 g/mol. The van der Waals surface area contributed by atoms with Crippen molar-refractivity contribution in [2.24, 2.45) is 28.6 Å². The van der Waals surface area contributed by atoms with Crippen molar-refractivity contribution in [2.45, 2.75) is 64.1 Å². The summed E-state index contributed by atoms with van der Waals surface area (Å²) in [5.41, 5.74) is -0.489. The van der Waals surface area contributed by atoms with Crippen molar-refractivity contribution in [3.63, 3.8) is 0 Å². The Hall–Kier alpha value is -3.38. The lowest BCUT2D eigenvalue weighted by molar-refractivity contribution is -0.290. The Kier molecular flexibility index (Phi) is 6.65. The second-order valence-corrected chi connectivity index (χ2v) is 12.6. The lowest BCUT2D eigenvalue weighted by atomic mass is 9.41. The first-order valence-corrected chi connectivity index (χ1v) is 14.4. The molecule has 6 rings (SSSR count). The third kappa shape index (κ3) is 4.02. The molecule has 0 bridgehead atoms. The van der Waals surface area contributed by atoms with Crippen LogP contribution in [0.4, 0.5) is 0 Å². The number of furan rings is 1. The Labute approximate surface area is 235 Å². The number of carbonyl (C=O) groups excluding carboxylic acids is 2. The second-order valence-electron chi connectivity index (χ2n) is 12.6. The predicted molar refractivity (Wildman–Crippen MR) is 151 cm³/mol. The number of rotatable bonds is 5. The number of ether oxygens (including phenoxy) is 2. The van der Waals surface area contributed by atoms with Crippen molar-refractivity contribution >= 4 is 17.5 Å². The number of esters is 2. The van der Waals surface area contributed by atoms with Gasteiger partial charge in [-0.1, -0.05) is 69.4 Å². The zero-order valence-corrected chi connectivity index (χ0v) is 23.3. The molecule has 0 amide bonds. The Balaban J connectivity index is 1.38. The van der Waals surface area contributed by atoms with E-state index in [9.17, 15) is 14.7 Å². The fourth-order valence-corrected chi connectivity index (χ4v) is 8.27. The molecule has 1 aromatic carbocycles. The van der Waals surface area contributed by atoms with E-state index in [2.05, 4.69) is 13.5 Å². The second kappa shape index (κ2) is 9.91. The van der Waals surface area contributed by atoms with Gasteiger partial charge in [0.25, 0.3) is 0 Å². The molecule has 40 heavy (non-hydrogen) atoms. The van der Waals surface area contributed by atoms with E-state index in [0.29, 0.717) is 31.2 Å². The van der Waals surface area contributed by atoms with Crippen molar-refractivity contribution in [3.8, 4) is 0 Å². The summed E-state index contributed by atoms with van der Waals surface area (Å²) in [6.07, 6.45) is 12.5. The average molecular weight is 543 g/mol. The Bertz CT molecular complexity index is 1370. The molecule has 210 valence electrons. The number of fused-ring (bicyclic) bond motifs is 4. The zero-order chi connectivity index (χ0) is 28.1. The summed E-state index contributed by atoms with van der Waals surface area (Å²) in [7, 11) is 0. The maximum atomic E-state index is 13.4. The van der Waals surface area contributed by atoms with Gasteiger partial charge in [0.2, 0.25) is 0 Å². The molecule has 6 nitrogen and oxygen atoms in total. The van der Waals surface area contributed by atoms with E-state index in [1.54, 1.807) is 30.5 Å². The maximum Gasteiger partial charge on any atom is 0.338 e. The maximum absolute atomic E-state index is 13.4. The van der Waals surface area contributed by atoms with Gasteiger partial charge >= 0.3 is 11.9 Å². The summed E-state index contributed by atoms with van der Waals surface area (Å²) in [6.45, 7) is 8.63. The Morgan fingerprint density at radius 3 is 2.67 bits per heavy atom. The van der Waals surface area contributed by atoms with Gasteiger partial charge in [0, 0.05) is 22.8 Å². The van der Waals surface area contributed by atoms with Crippen LogP contribution >= 0.6 is 0 Å². The lowest BCUT2D eigenvalue weighted by Crippen LogP contribution is -2.74. The van der Waals surface area contributed by atoms with Crippen LogP contribution in [0.3, 0.4) is 0 Å². The fourth-order valence-electron chi connectivity index (χ4n) is 8.27. The molecule has 0 aliphatic heterocycles. The number of carbonyl (C=O) groups is 2. The van der Waals surface area contributed by atoms with E-state index in [1.807, 2.05) is 43.4 Å². The van der Waals surface area contributed by atoms with E-state index in [1.165, 1.54) is 0 Å². The minimum atomic E-state index is -1.45. The minimum Gasteiger partial charge on any atom is -0.469 e. The molecule has 1 N–H and O–H groups in total. The van der Waals surface area contributed by atoms with E-state index >= 15 is 0 Å². The first-order valence-electron chi connectivity index (χ1n) is 14.4. The quantitative estimate of drug-likeness (QED) is 0.446. The molecule has 0 saturated heterocycles. The number of hydrogen-bond donors (Lipinski definition) is 1. The number of aliphatic hydroxyl groups is 1. The largest absolute Gasteiger partial charge is 0.469 e. The molecule has 0 spiro atoms. The summed E-state index contributed by atoms with van der Waals surface area (Å²) in [5, 5.41) is 13.1. The Morgan fingerprint density at radius 1 is 1.12 bits per heavy atom. The van der Waals surface area contributed by atoms with Crippen LogP contribution in [0, 0.1) is 28.6 Å². The van der Waals surface area contributed by atoms with Gasteiger partial charge in [-0.15, -0.1) is 0 Å². The number of hydrogen-bond acceptors (Lipinski definition) is 6. The molecule has 2 fully saturated rings. The van der Waals surface area contributed by atoms with Crippen LogP contribution in [0.2, 0.25) is 0 Å². The minimum absolute atomic E-state index is 0.0213. The van der Waals surface area contributed by atoms with Crippen LogP contribution in [0.1, 0.15) is 67.6 Å². The number of benzene rings is 1. The summed E-state index contributed by atoms with van der Waals surface area (Å²) in [6, 6.07) is 10.9. The molecule has 4 aliphatic carbocycles. The van der Waals surface area contributed by atoms with E-state index < -0.39 is 28.5 Å². The van der Waals surface area contributed by atoms with Gasteiger partial charge < -0.3 is 19.0 Å². The molecule has 2 aromatic rings. The highest BCUT2D eigenvalue weighted by Crippen LogP contribution is 2.67. The molecular formula is C34H38O6. The normalized spacial score (nSPS) is 36.2. The molecule has 4 aliphatic rings. The zero-order valence-electron chi connectivity index (χ0n) is 23.3. The van der Waals surface area contributed by atoms with Gasteiger partial charge in [-0.05, 0) is 61.3 Å². The third-order valence-corrected chi connectivity index (χ3v) is 10.5. The smallest absolute Gasteiger partial charge is 0.338 e. The van der Waals surface area contributed by atoms with Gasteiger partial charge in [0.15, 0.2) is 0 Å². The lowest BCUT2D eigenvalue weighted by Gasteiger charge is -2.67. The van der Waals surface area contributed by atoms with E-state index in [4.69, 9.17) is 13.9 Å².